The molecule has 2 aromatic rings. The number of halogens is 1. The van der Waals surface area contributed by atoms with Gasteiger partial charge in [-0.2, -0.15) is 4.31 Å². The van der Waals surface area contributed by atoms with Crippen LogP contribution in [0.4, 0.5) is 0 Å². The average Bonchev–Trinajstić information content (AvgIpc) is 2.74. The first-order chi connectivity index (χ1) is 8.89. The second-order valence-electron chi connectivity index (χ2n) is 3.96. The van der Waals surface area contributed by atoms with Gasteiger partial charge in [-0.3, -0.25) is 0 Å². The molecule has 0 bridgehead atoms. The fourth-order valence-electron chi connectivity index (χ4n) is 1.57. The van der Waals surface area contributed by atoms with Gasteiger partial charge in [0.25, 0.3) is 0 Å². The van der Waals surface area contributed by atoms with Gasteiger partial charge in [0, 0.05) is 18.5 Å². The number of thiophene rings is 1. The molecule has 0 atom stereocenters. The summed E-state index contributed by atoms with van der Waals surface area (Å²) in [5.74, 6) is -0.0753. The van der Waals surface area contributed by atoms with Crippen LogP contribution in [0.2, 0.25) is 4.34 Å². The van der Waals surface area contributed by atoms with Crippen LogP contribution in [0, 0.1) is 0 Å². The van der Waals surface area contributed by atoms with Crippen molar-refractivity contribution < 1.29 is 13.5 Å². The van der Waals surface area contributed by atoms with Gasteiger partial charge in [-0.1, -0.05) is 17.7 Å². The Bertz CT molecular complexity index is 682. The van der Waals surface area contributed by atoms with Crippen molar-refractivity contribution in [3.05, 3.63) is 45.6 Å². The van der Waals surface area contributed by atoms with Crippen LogP contribution in [0.5, 0.6) is 5.75 Å². The number of nitrogens with zero attached hydrogens (tertiary/aromatic N) is 1. The van der Waals surface area contributed by atoms with E-state index in [1.54, 1.807) is 12.1 Å². The Morgan fingerprint density at radius 1 is 1.32 bits per heavy atom. The molecule has 0 saturated heterocycles. The van der Waals surface area contributed by atoms with Crippen LogP contribution in [0.3, 0.4) is 0 Å². The Balaban J connectivity index is 2.24. The molecule has 0 spiro atoms. The summed E-state index contributed by atoms with van der Waals surface area (Å²) < 4.78 is 26.4. The Morgan fingerprint density at radius 2 is 2.05 bits per heavy atom. The van der Waals surface area contributed by atoms with Crippen molar-refractivity contribution in [3.63, 3.8) is 0 Å². The number of phenolic OH excluding ortho intramolecular Hbond substituents is 1. The standard InChI is InChI=1S/C12H12ClNO3S2/c1-14(8-10-5-6-12(13)18-10)19(16,17)11-4-2-3-9(15)7-11/h2-7,15H,8H2,1H3. The Kier molecular flexibility index (Phi) is 4.15. The topological polar surface area (TPSA) is 57.6 Å². The third kappa shape index (κ3) is 3.27. The molecule has 7 heteroatoms. The summed E-state index contributed by atoms with van der Waals surface area (Å²) in [7, 11) is -2.12. The quantitative estimate of drug-likeness (QED) is 0.943. The van der Waals surface area contributed by atoms with Gasteiger partial charge >= 0.3 is 0 Å². The van der Waals surface area contributed by atoms with E-state index < -0.39 is 10.0 Å². The van der Waals surface area contributed by atoms with Crippen molar-refractivity contribution in [3.8, 4) is 5.75 Å². The fourth-order valence-corrected chi connectivity index (χ4v) is 3.98. The van der Waals surface area contributed by atoms with E-state index in [4.69, 9.17) is 11.6 Å². The van der Waals surface area contributed by atoms with E-state index in [0.717, 1.165) is 4.88 Å². The largest absolute Gasteiger partial charge is 0.508 e. The summed E-state index contributed by atoms with van der Waals surface area (Å²) in [5, 5.41) is 9.35. The summed E-state index contributed by atoms with van der Waals surface area (Å²) in [6.07, 6.45) is 0. The number of aromatic hydroxyl groups is 1. The highest BCUT2D eigenvalue weighted by molar-refractivity contribution is 7.89. The number of benzene rings is 1. The lowest BCUT2D eigenvalue weighted by Gasteiger charge is -2.16. The van der Waals surface area contributed by atoms with Crippen LogP contribution in [-0.2, 0) is 16.6 Å². The van der Waals surface area contributed by atoms with Crippen molar-refractivity contribution in [2.45, 2.75) is 11.4 Å². The maximum atomic E-state index is 12.3. The lowest BCUT2D eigenvalue weighted by molar-refractivity contribution is 0.462. The minimum absolute atomic E-state index is 0.0673. The molecule has 0 unspecified atom stereocenters. The predicted octanol–water partition coefficient (Wildman–Crippen LogP) is 2.93. The van der Waals surface area contributed by atoms with Gasteiger partial charge in [-0.15, -0.1) is 11.3 Å². The first kappa shape index (κ1) is 14.3. The molecule has 1 aromatic carbocycles. The van der Waals surface area contributed by atoms with Gasteiger partial charge in [-0.05, 0) is 30.3 Å². The summed E-state index contributed by atoms with van der Waals surface area (Å²) in [6.45, 7) is 0.245. The second-order valence-corrected chi connectivity index (χ2v) is 7.81. The molecule has 1 heterocycles. The average molecular weight is 318 g/mol. The van der Waals surface area contributed by atoms with Crippen molar-refractivity contribution in [1.82, 2.24) is 4.31 Å². The zero-order chi connectivity index (χ0) is 14.0. The molecular weight excluding hydrogens is 306 g/mol. The Morgan fingerprint density at radius 3 is 2.63 bits per heavy atom. The molecule has 0 aliphatic heterocycles. The Labute approximate surface area is 120 Å². The second kappa shape index (κ2) is 5.50. The zero-order valence-electron chi connectivity index (χ0n) is 10.1. The zero-order valence-corrected chi connectivity index (χ0v) is 12.5. The highest BCUT2D eigenvalue weighted by atomic mass is 35.5. The van der Waals surface area contributed by atoms with E-state index in [9.17, 15) is 13.5 Å². The Hall–Kier alpha value is -1.08. The molecule has 1 N–H and O–H groups in total. The molecule has 0 aliphatic rings. The summed E-state index contributed by atoms with van der Waals surface area (Å²) in [4.78, 5) is 0.925. The lowest BCUT2D eigenvalue weighted by atomic mass is 10.3. The van der Waals surface area contributed by atoms with Crippen molar-refractivity contribution in [1.29, 1.82) is 0 Å². The van der Waals surface area contributed by atoms with Crippen LogP contribution >= 0.6 is 22.9 Å². The number of rotatable bonds is 4. The lowest BCUT2D eigenvalue weighted by Crippen LogP contribution is -2.26. The maximum absolute atomic E-state index is 12.3. The van der Waals surface area contributed by atoms with Crippen LogP contribution in [0.1, 0.15) is 4.88 Å². The highest BCUT2D eigenvalue weighted by Crippen LogP contribution is 2.25. The molecule has 1 aromatic heterocycles. The van der Waals surface area contributed by atoms with Gasteiger partial charge in [0.05, 0.1) is 9.23 Å². The van der Waals surface area contributed by atoms with Crippen molar-refractivity contribution >= 4 is 33.0 Å². The first-order valence-electron chi connectivity index (χ1n) is 5.39. The number of hydrogen-bond donors (Lipinski definition) is 1. The minimum Gasteiger partial charge on any atom is -0.508 e. The normalized spacial score (nSPS) is 11.9. The number of hydrogen-bond acceptors (Lipinski definition) is 4. The fraction of sp³-hybridized carbons (Fsp3) is 0.167. The van der Waals surface area contributed by atoms with E-state index in [0.29, 0.717) is 4.34 Å². The van der Waals surface area contributed by atoms with Crippen molar-refractivity contribution in [2.75, 3.05) is 7.05 Å². The van der Waals surface area contributed by atoms with E-state index in [1.165, 1.54) is 47.0 Å². The van der Waals surface area contributed by atoms with Gasteiger partial charge in [0.15, 0.2) is 0 Å². The number of sulfonamides is 1. The van der Waals surface area contributed by atoms with Crippen LogP contribution in [-0.4, -0.2) is 24.9 Å². The number of phenols is 1. The predicted molar refractivity (Wildman–Crippen MR) is 76.1 cm³/mol. The van der Waals surface area contributed by atoms with E-state index in [1.807, 2.05) is 0 Å². The first-order valence-corrected chi connectivity index (χ1v) is 8.02. The van der Waals surface area contributed by atoms with E-state index in [-0.39, 0.29) is 17.2 Å². The molecule has 0 amide bonds. The SMILES string of the molecule is CN(Cc1ccc(Cl)s1)S(=O)(=O)c1cccc(O)c1. The summed E-state index contributed by atoms with van der Waals surface area (Å²) in [6, 6.07) is 9.13. The molecule has 4 nitrogen and oxygen atoms in total. The molecule has 0 aliphatic carbocycles. The summed E-state index contributed by atoms with van der Waals surface area (Å²) >= 11 is 7.15. The van der Waals surface area contributed by atoms with Gasteiger partial charge in [0.1, 0.15) is 5.75 Å². The third-order valence-corrected chi connectivity index (χ3v) is 5.55. The van der Waals surface area contributed by atoms with E-state index >= 15 is 0 Å². The molecule has 0 radical (unpaired) electrons. The van der Waals surface area contributed by atoms with Crippen molar-refractivity contribution in [2.24, 2.45) is 0 Å². The molecule has 19 heavy (non-hydrogen) atoms. The van der Waals surface area contributed by atoms with Crippen LogP contribution < -0.4 is 0 Å². The van der Waals surface area contributed by atoms with Gasteiger partial charge in [-0.25, -0.2) is 8.42 Å². The molecule has 0 saturated carbocycles. The van der Waals surface area contributed by atoms with Crippen LogP contribution in [0.25, 0.3) is 0 Å². The highest BCUT2D eigenvalue weighted by Gasteiger charge is 2.21. The third-order valence-electron chi connectivity index (χ3n) is 2.53. The van der Waals surface area contributed by atoms with Gasteiger partial charge < -0.3 is 5.11 Å². The van der Waals surface area contributed by atoms with Crippen LogP contribution in [0.15, 0.2) is 41.3 Å². The molecule has 102 valence electrons. The molecule has 2 rings (SSSR count). The summed E-state index contributed by atoms with van der Waals surface area (Å²) in [5.41, 5.74) is 0. The minimum atomic E-state index is -3.61. The van der Waals surface area contributed by atoms with E-state index in [2.05, 4.69) is 0 Å². The monoisotopic (exact) mass is 317 g/mol. The van der Waals surface area contributed by atoms with Gasteiger partial charge in [0.2, 0.25) is 10.0 Å². The maximum Gasteiger partial charge on any atom is 0.243 e. The smallest absolute Gasteiger partial charge is 0.243 e. The molecule has 0 fully saturated rings. The molecular formula is C12H12ClNO3S2.